The van der Waals surface area contributed by atoms with E-state index in [9.17, 15) is 14.0 Å². The molecule has 3 amide bonds. The van der Waals surface area contributed by atoms with Crippen molar-refractivity contribution in [3.63, 3.8) is 0 Å². The predicted molar refractivity (Wildman–Crippen MR) is 137 cm³/mol. The van der Waals surface area contributed by atoms with Crippen molar-refractivity contribution in [1.82, 2.24) is 9.80 Å². The Kier molecular flexibility index (Phi) is 10.1. The summed E-state index contributed by atoms with van der Waals surface area (Å²) in [6, 6.07) is 14.9. The molecule has 8 heteroatoms. The highest BCUT2D eigenvalue weighted by molar-refractivity contribution is 5.93. The molecule has 0 saturated heterocycles. The Morgan fingerprint density at radius 3 is 2.47 bits per heavy atom. The molecule has 36 heavy (non-hydrogen) atoms. The summed E-state index contributed by atoms with van der Waals surface area (Å²) in [7, 11) is 0. The van der Waals surface area contributed by atoms with Gasteiger partial charge < -0.3 is 24.3 Å². The zero-order chi connectivity index (χ0) is 25.9. The van der Waals surface area contributed by atoms with E-state index in [1.54, 1.807) is 35.4 Å². The number of hydrogen-bond donors (Lipinski definition) is 1. The number of carbonyl (C=O) groups is 2. The molecule has 0 aliphatic heterocycles. The number of anilines is 1. The van der Waals surface area contributed by atoms with E-state index >= 15 is 0 Å². The summed E-state index contributed by atoms with van der Waals surface area (Å²) in [6.45, 7) is 7.64. The first-order valence-corrected chi connectivity index (χ1v) is 12.1. The summed E-state index contributed by atoms with van der Waals surface area (Å²) in [4.78, 5) is 29.8. The summed E-state index contributed by atoms with van der Waals surface area (Å²) < 4.78 is 24.3. The van der Waals surface area contributed by atoms with Gasteiger partial charge in [-0.25, -0.2) is 9.18 Å². The van der Waals surface area contributed by atoms with E-state index in [-0.39, 0.29) is 37.4 Å². The lowest BCUT2D eigenvalue weighted by Crippen LogP contribution is -2.44. The summed E-state index contributed by atoms with van der Waals surface area (Å²) in [5.74, 6) is 0.0303. The van der Waals surface area contributed by atoms with Crippen molar-refractivity contribution in [2.45, 2.75) is 40.3 Å². The van der Waals surface area contributed by atoms with Gasteiger partial charge in [-0.3, -0.25) is 4.79 Å². The molecule has 1 N–H and O–H groups in total. The van der Waals surface area contributed by atoms with E-state index in [4.69, 9.17) is 9.15 Å². The van der Waals surface area contributed by atoms with Crippen LogP contribution in [0.5, 0.6) is 0 Å². The van der Waals surface area contributed by atoms with Crippen LogP contribution >= 0.6 is 0 Å². The molecule has 0 unspecified atom stereocenters. The van der Waals surface area contributed by atoms with Crippen molar-refractivity contribution < 1.29 is 23.1 Å². The third-order valence-corrected chi connectivity index (χ3v) is 5.95. The smallest absolute Gasteiger partial charge is 0.322 e. The topological polar surface area (TPSA) is 75.0 Å². The van der Waals surface area contributed by atoms with Gasteiger partial charge >= 0.3 is 6.03 Å². The van der Waals surface area contributed by atoms with E-state index in [0.29, 0.717) is 37.6 Å². The Labute approximate surface area is 211 Å². The molecule has 1 aromatic heterocycles. The fraction of sp³-hybridized carbons (Fsp3) is 0.357. The van der Waals surface area contributed by atoms with Crippen LogP contribution in [0.25, 0.3) is 0 Å². The second kappa shape index (κ2) is 13.4. The van der Waals surface area contributed by atoms with Crippen LogP contribution in [-0.4, -0.2) is 48.0 Å². The van der Waals surface area contributed by atoms with Gasteiger partial charge in [0.15, 0.2) is 0 Å². The van der Waals surface area contributed by atoms with E-state index in [1.807, 2.05) is 39.0 Å². The fourth-order valence-electron chi connectivity index (χ4n) is 3.73. The first-order chi connectivity index (χ1) is 17.4. The predicted octanol–water partition coefficient (Wildman–Crippen LogP) is 5.53. The minimum atomic E-state index is -0.353. The molecule has 0 radical (unpaired) electrons. The summed E-state index contributed by atoms with van der Waals surface area (Å²) in [5, 5.41) is 2.95. The third kappa shape index (κ3) is 7.95. The van der Waals surface area contributed by atoms with Gasteiger partial charge in [0.1, 0.15) is 18.1 Å². The maximum absolute atomic E-state index is 13.5. The van der Waals surface area contributed by atoms with Gasteiger partial charge in [0.2, 0.25) is 5.91 Å². The van der Waals surface area contributed by atoms with E-state index in [0.717, 1.165) is 16.7 Å². The minimum absolute atomic E-state index is 0.120. The maximum Gasteiger partial charge on any atom is 0.322 e. The molecule has 0 fully saturated rings. The second-order valence-electron chi connectivity index (χ2n) is 8.61. The van der Waals surface area contributed by atoms with Gasteiger partial charge in [0, 0.05) is 32.0 Å². The molecular formula is C28H34FN3O4. The van der Waals surface area contributed by atoms with Crippen LogP contribution in [0.3, 0.4) is 0 Å². The van der Waals surface area contributed by atoms with Gasteiger partial charge in [-0.15, -0.1) is 0 Å². The van der Waals surface area contributed by atoms with Crippen molar-refractivity contribution in [1.29, 1.82) is 0 Å². The van der Waals surface area contributed by atoms with Crippen LogP contribution in [0.4, 0.5) is 14.9 Å². The van der Waals surface area contributed by atoms with Crippen LogP contribution in [0.15, 0.2) is 65.3 Å². The SMILES string of the molecule is CCOCCCN(CC(=O)N(Cc1ccc(F)cc1)Cc1ccco1)C(=O)Nc1cccc(C)c1C. The van der Waals surface area contributed by atoms with Crippen LogP contribution in [-0.2, 0) is 22.6 Å². The van der Waals surface area contributed by atoms with Crippen molar-refractivity contribution in [2.24, 2.45) is 0 Å². The Bertz CT molecular complexity index is 1120. The number of nitrogens with one attached hydrogen (secondary N) is 1. The van der Waals surface area contributed by atoms with Crippen LogP contribution in [0, 0.1) is 19.7 Å². The molecule has 0 saturated carbocycles. The quantitative estimate of drug-likeness (QED) is 0.336. The number of halogens is 1. The largest absolute Gasteiger partial charge is 0.467 e. The van der Waals surface area contributed by atoms with E-state index in [2.05, 4.69) is 5.32 Å². The van der Waals surface area contributed by atoms with E-state index in [1.165, 1.54) is 17.0 Å². The number of ether oxygens (including phenoxy) is 1. The molecule has 0 aliphatic rings. The lowest BCUT2D eigenvalue weighted by Gasteiger charge is -2.28. The van der Waals surface area contributed by atoms with Crippen molar-refractivity contribution in [3.8, 4) is 0 Å². The molecule has 192 valence electrons. The molecule has 7 nitrogen and oxygen atoms in total. The molecule has 1 heterocycles. The minimum Gasteiger partial charge on any atom is -0.467 e. The summed E-state index contributed by atoms with van der Waals surface area (Å²) >= 11 is 0. The Balaban J connectivity index is 1.76. The van der Waals surface area contributed by atoms with Crippen LogP contribution in [0.1, 0.15) is 35.8 Å². The zero-order valence-electron chi connectivity index (χ0n) is 21.1. The number of carbonyl (C=O) groups excluding carboxylic acids is 2. The molecule has 0 aliphatic carbocycles. The number of benzene rings is 2. The van der Waals surface area contributed by atoms with Crippen molar-refractivity contribution in [3.05, 3.63) is 89.1 Å². The lowest BCUT2D eigenvalue weighted by atomic mass is 10.1. The highest BCUT2D eigenvalue weighted by Gasteiger charge is 2.23. The average Bonchev–Trinajstić information content (AvgIpc) is 3.38. The second-order valence-corrected chi connectivity index (χ2v) is 8.61. The Morgan fingerprint density at radius 1 is 1.00 bits per heavy atom. The average molecular weight is 496 g/mol. The number of hydrogen-bond acceptors (Lipinski definition) is 4. The van der Waals surface area contributed by atoms with Crippen molar-refractivity contribution >= 4 is 17.6 Å². The molecule has 0 bridgehead atoms. The zero-order valence-corrected chi connectivity index (χ0v) is 21.1. The summed E-state index contributed by atoms with van der Waals surface area (Å²) in [6.07, 6.45) is 2.14. The van der Waals surface area contributed by atoms with Crippen LogP contribution < -0.4 is 5.32 Å². The molecular weight excluding hydrogens is 461 g/mol. The highest BCUT2D eigenvalue weighted by Crippen LogP contribution is 2.19. The highest BCUT2D eigenvalue weighted by atomic mass is 19.1. The molecule has 3 rings (SSSR count). The van der Waals surface area contributed by atoms with Crippen LogP contribution in [0.2, 0.25) is 0 Å². The molecule has 0 spiro atoms. The number of furan rings is 1. The standard InChI is InChI=1S/C28H34FN3O4/c1-4-35-16-7-15-31(28(34)30-26-10-5-8-21(2)22(26)3)20-27(33)32(19-25-9-6-17-36-25)18-23-11-13-24(29)14-12-23/h5-6,8-14,17H,4,7,15-16,18-20H2,1-3H3,(H,30,34). The van der Waals surface area contributed by atoms with Gasteiger partial charge in [-0.05, 0) is 74.2 Å². The molecule has 2 aromatic carbocycles. The van der Waals surface area contributed by atoms with E-state index < -0.39 is 0 Å². The first-order valence-electron chi connectivity index (χ1n) is 12.1. The number of amides is 3. The lowest BCUT2D eigenvalue weighted by molar-refractivity contribution is -0.133. The maximum atomic E-state index is 13.5. The van der Waals surface area contributed by atoms with Gasteiger partial charge in [0.05, 0.1) is 12.8 Å². The van der Waals surface area contributed by atoms with Crippen molar-refractivity contribution in [2.75, 3.05) is 31.6 Å². The van der Waals surface area contributed by atoms with Gasteiger partial charge in [-0.2, -0.15) is 0 Å². The third-order valence-electron chi connectivity index (χ3n) is 5.95. The fourth-order valence-corrected chi connectivity index (χ4v) is 3.73. The number of aryl methyl sites for hydroxylation is 1. The number of rotatable bonds is 12. The molecule has 0 atom stereocenters. The molecule has 3 aromatic rings. The monoisotopic (exact) mass is 495 g/mol. The normalized spacial score (nSPS) is 10.8. The summed E-state index contributed by atoms with van der Waals surface area (Å²) in [5.41, 5.74) is 3.53. The number of nitrogens with zero attached hydrogens (tertiary/aromatic N) is 2. The Morgan fingerprint density at radius 2 is 1.78 bits per heavy atom. The van der Waals surface area contributed by atoms with Gasteiger partial charge in [0.25, 0.3) is 0 Å². The first kappa shape index (κ1) is 26.9. The Hall–Kier alpha value is -3.65. The van der Waals surface area contributed by atoms with Gasteiger partial charge in [-0.1, -0.05) is 24.3 Å². The number of urea groups is 1.